The van der Waals surface area contributed by atoms with Crippen molar-refractivity contribution in [2.75, 3.05) is 0 Å². The average molecular weight is 314 g/mol. The highest BCUT2D eigenvalue weighted by molar-refractivity contribution is 6.11. The molecule has 3 aromatic carbocycles. The molecule has 118 valence electrons. The summed E-state index contributed by atoms with van der Waals surface area (Å²) in [5.41, 5.74) is 3.65. The van der Waals surface area contributed by atoms with Crippen molar-refractivity contribution in [3.63, 3.8) is 0 Å². The Balaban J connectivity index is 1.93. The van der Waals surface area contributed by atoms with E-state index in [-0.39, 0.29) is 12.2 Å². The van der Waals surface area contributed by atoms with Crippen molar-refractivity contribution >= 4 is 5.78 Å². The molecule has 0 heterocycles. The first-order valence-electron chi connectivity index (χ1n) is 8.12. The van der Waals surface area contributed by atoms with E-state index in [1.807, 2.05) is 73.7 Å². The van der Waals surface area contributed by atoms with Crippen LogP contribution in [0.3, 0.4) is 0 Å². The molecule has 3 aromatic rings. The lowest BCUT2D eigenvalue weighted by atomic mass is 9.72. The van der Waals surface area contributed by atoms with Gasteiger partial charge in [0, 0.05) is 12.0 Å². The van der Waals surface area contributed by atoms with E-state index in [1.54, 1.807) is 6.07 Å². The number of aliphatic hydroxyl groups is 1. The van der Waals surface area contributed by atoms with Crippen LogP contribution < -0.4 is 0 Å². The van der Waals surface area contributed by atoms with Crippen LogP contribution in [0.2, 0.25) is 0 Å². The number of carbonyl (C=O) groups excluding carboxylic acids is 1. The zero-order valence-corrected chi connectivity index (χ0v) is 13.5. The standard InChI is InChI=1S/C22H18O2/c1-15-8-2-3-9-16(15)14-22(24)20-13-7-6-11-18(20)17-10-4-5-12-19(17)21(22)23/h2-13,24H,14H2,1H3. The number of benzene rings is 3. The van der Waals surface area contributed by atoms with Crippen molar-refractivity contribution in [3.8, 4) is 11.1 Å². The maximum atomic E-state index is 13.2. The molecule has 2 heteroatoms. The minimum atomic E-state index is -1.53. The predicted molar refractivity (Wildman–Crippen MR) is 95.0 cm³/mol. The van der Waals surface area contributed by atoms with Crippen LogP contribution >= 0.6 is 0 Å². The SMILES string of the molecule is Cc1ccccc1CC1(O)C(=O)c2ccccc2-c2ccccc21. The first-order valence-corrected chi connectivity index (χ1v) is 8.12. The smallest absolute Gasteiger partial charge is 0.199 e. The lowest BCUT2D eigenvalue weighted by Gasteiger charge is -2.34. The topological polar surface area (TPSA) is 37.3 Å². The Bertz CT molecular complexity index is 942. The zero-order chi connectivity index (χ0) is 16.7. The van der Waals surface area contributed by atoms with E-state index < -0.39 is 5.60 Å². The number of ketones is 1. The monoisotopic (exact) mass is 314 g/mol. The Kier molecular flexibility index (Phi) is 3.36. The van der Waals surface area contributed by atoms with Crippen molar-refractivity contribution < 1.29 is 9.90 Å². The molecule has 4 rings (SSSR count). The summed E-state index contributed by atoms with van der Waals surface area (Å²) in [4.78, 5) is 13.2. The van der Waals surface area contributed by atoms with E-state index in [9.17, 15) is 9.90 Å². The van der Waals surface area contributed by atoms with Crippen molar-refractivity contribution in [1.29, 1.82) is 0 Å². The summed E-state index contributed by atoms with van der Waals surface area (Å²) in [6.07, 6.45) is 0.282. The summed E-state index contributed by atoms with van der Waals surface area (Å²) in [6.45, 7) is 2.01. The third-order valence-electron chi connectivity index (χ3n) is 4.92. The van der Waals surface area contributed by atoms with Crippen LogP contribution in [0.25, 0.3) is 11.1 Å². The third kappa shape index (κ3) is 2.11. The number of Topliss-reactive ketones (excluding diaryl/α,β-unsaturated/α-hetero) is 1. The molecule has 0 amide bonds. The molecule has 0 radical (unpaired) electrons. The van der Waals surface area contributed by atoms with Crippen molar-refractivity contribution in [2.45, 2.75) is 18.9 Å². The maximum Gasteiger partial charge on any atom is 0.199 e. The van der Waals surface area contributed by atoms with Crippen LogP contribution in [-0.2, 0) is 12.0 Å². The van der Waals surface area contributed by atoms with Crippen molar-refractivity contribution in [1.82, 2.24) is 0 Å². The van der Waals surface area contributed by atoms with Gasteiger partial charge in [0.2, 0.25) is 0 Å². The molecule has 1 aliphatic rings. The minimum Gasteiger partial charge on any atom is -0.377 e. The number of fused-ring (bicyclic) bond motifs is 3. The van der Waals surface area contributed by atoms with Crippen LogP contribution in [0, 0.1) is 6.92 Å². The molecule has 0 fully saturated rings. The van der Waals surface area contributed by atoms with Gasteiger partial charge in [0.15, 0.2) is 11.4 Å². The van der Waals surface area contributed by atoms with Gasteiger partial charge in [0.25, 0.3) is 0 Å². The quantitative estimate of drug-likeness (QED) is 0.766. The number of rotatable bonds is 2. The number of carbonyl (C=O) groups is 1. The van der Waals surface area contributed by atoms with Crippen LogP contribution in [0.4, 0.5) is 0 Å². The lowest BCUT2D eigenvalue weighted by Crippen LogP contribution is -2.41. The van der Waals surface area contributed by atoms with Gasteiger partial charge in [0.1, 0.15) is 0 Å². The van der Waals surface area contributed by atoms with E-state index in [2.05, 4.69) is 0 Å². The Hall–Kier alpha value is -2.71. The molecule has 1 unspecified atom stereocenters. The van der Waals surface area contributed by atoms with Crippen molar-refractivity contribution in [2.24, 2.45) is 0 Å². The summed E-state index contributed by atoms with van der Waals surface area (Å²) < 4.78 is 0. The van der Waals surface area contributed by atoms with Crippen LogP contribution in [-0.4, -0.2) is 10.9 Å². The van der Waals surface area contributed by atoms with Crippen LogP contribution in [0.5, 0.6) is 0 Å². The summed E-state index contributed by atoms with van der Waals surface area (Å²) in [5.74, 6) is -0.222. The van der Waals surface area contributed by atoms with Gasteiger partial charge in [-0.2, -0.15) is 0 Å². The highest BCUT2D eigenvalue weighted by atomic mass is 16.3. The van der Waals surface area contributed by atoms with Gasteiger partial charge < -0.3 is 5.11 Å². The maximum absolute atomic E-state index is 13.2. The first kappa shape index (κ1) is 14.9. The molecule has 1 atom stereocenters. The molecule has 0 saturated carbocycles. The molecule has 0 aromatic heterocycles. The molecule has 24 heavy (non-hydrogen) atoms. The van der Waals surface area contributed by atoms with Gasteiger partial charge in [-0.1, -0.05) is 72.8 Å². The van der Waals surface area contributed by atoms with E-state index in [0.29, 0.717) is 11.1 Å². The molecular weight excluding hydrogens is 296 g/mol. The second kappa shape index (κ2) is 5.43. The van der Waals surface area contributed by atoms with E-state index in [1.165, 1.54) is 0 Å². The average Bonchev–Trinajstić information content (AvgIpc) is 2.62. The van der Waals surface area contributed by atoms with Gasteiger partial charge in [-0.05, 0) is 34.7 Å². The zero-order valence-electron chi connectivity index (χ0n) is 13.5. The molecule has 0 aliphatic heterocycles. The van der Waals surface area contributed by atoms with Gasteiger partial charge >= 0.3 is 0 Å². The number of aryl methyl sites for hydroxylation is 1. The molecule has 2 nitrogen and oxygen atoms in total. The molecular formula is C22H18O2. The fourth-order valence-electron chi connectivity index (χ4n) is 3.60. The van der Waals surface area contributed by atoms with Crippen LogP contribution in [0.1, 0.15) is 27.0 Å². The highest BCUT2D eigenvalue weighted by Crippen LogP contribution is 2.43. The van der Waals surface area contributed by atoms with Crippen molar-refractivity contribution in [3.05, 3.63) is 95.1 Å². The van der Waals surface area contributed by atoms with E-state index >= 15 is 0 Å². The van der Waals surface area contributed by atoms with Gasteiger partial charge in [-0.15, -0.1) is 0 Å². The van der Waals surface area contributed by atoms with E-state index in [0.717, 1.165) is 22.3 Å². The molecule has 0 saturated heterocycles. The van der Waals surface area contributed by atoms with Gasteiger partial charge in [0.05, 0.1) is 0 Å². The highest BCUT2D eigenvalue weighted by Gasteiger charge is 2.44. The largest absolute Gasteiger partial charge is 0.377 e. The fourth-order valence-corrected chi connectivity index (χ4v) is 3.60. The Morgan fingerprint density at radius 2 is 1.38 bits per heavy atom. The van der Waals surface area contributed by atoms with Gasteiger partial charge in [-0.25, -0.2) is 0 Å². The second-order valence-corrected chi connectivity index (χ2v) is 6.38. The Morgan fingerprint density at radius 1 is 0.792 bits per heavy atom. The van der Waals surface area contributed by atoms with Gasteiger partial charge in [-0.3, -0.25) is 4.79 Å². The van der Waals surface area contributed by atoms with Crippen LogP contribution in [0.15, 0.2) is 72.8 Å². The Labute approximate surface area is 141 Å². The summed E-state index contributed by atoms with van der Waals surface area (Å²) in [7, 11) is 0. The predicted octanol–water partition coefficient (Wildman–Crippen LogP) is 4.29. The molecule has 0 spiro atoms. The summed E-state index contributed by atoms with van der Waals surface area (Å²) in [6, 6.07) is 23.1. The molecule has 1 aliphatic carbocycles. The number of hydrogen-bond donors (Lipinski definition) is 1. The number of hydrogen-bond acceptors (Lipinski definition) is 2. The Morgan fingerprint density at radius 3 is 2.12 bits per heavy atom. The second-order valence-electron chi connectivity index (χ2n) is 6.38. The lowest BCUT2D eigenvalue weighted by molar-refractivity contribution is 0.0293. The summed E-state index contributed by atoms with van der Waals surface area (Å²) >= 11 is 0. The van der Waals surface area contributed by atoms with E-state index in [4.69, 9.17) is 0 Å². The first-order chi connectivity index (χ1) is 11.6. The molecule has 0 bridgehead atoms. The molecule has 1 N–H and O–H groups in total. The summed E-state index contributed by atoms with van der Waals surface area (Å²) in [5, 5.41) is 11.5. The normalized spacial score (nSPS) is 18.8. The minimum absolute atomic E-state index is 0.222. The third-order valence-corrected chi connectivity index (χ3v) is 4.92. The fraction of sp³-hybridized carbons (Fsp3) is 0.136.